The molecule has 1 aliphatic rings. The molecule has 28 heavy (non-hydrogen) atoms. The summed E-state index contributed by atoms with van der Waals surface area (Å²) in [7, 11) is 0. The highest BCUT2D eigenvalue weighted by molar-refractivity contribution is 5.83. The van der Waals surface area contributed by atoms with E-state index in [1.54, 1.807) is 17.0 Å². The van der Waals surface area contributed by atoms with Gasteiger partial charge in [0.15, 0.2) is 11.6 Å². The second kappa shape index (κ2) is 8.91. The van der Waals surface area contributed by atoms with Gasteiger partial charge in [-0.2, -0.15) is 0 Å². The monoisotopic (exact) mass is 390 g/mol. The van der Waals surface area contributed by atoms with Gasteiger partial charge in [-0.1, -0.05) is 24.3 Å². The van der Waals surface area contributed by atoms with Crippen molar-refractivity contribution in [3.05, 3.63) is 71.0 Å². The molecule has 1 saturated heterocycles. The highest BCUT2D eigenvalue weighted by Gasteiger charge is 2.30. The highest BCUT2D eigenvalue weighted by atomic mass is 19.2. The van der Waals surface area contributed by atoms with E-state index in [1.807, 2.05) is 0 Å². The Morgan fingerprint density at radius 1 is 1.14 bits per heavy atom. The van der Waals surface area contributed by atoms with Crippen molar-refractivity contribution in [1.29, 1.82) is 0 Å². The van der Waals surface area contributed by atoms with Gasteiger partial charge in [0.1, 0.15) is 5.82 Å². The molecule has 148 valence electrons. The van der Waals surface area contributed by atoms with Crippen LogP contribution in [0.3, 0.4) is 0 Å². The number of nitrogens with zero attached hydrogens (tertiary/aromatic N) is 1. The third kappa shape index (κ3) is 4.91. The van der Waals surface area contributed by atoms with E-state index in [-0.39, 0.29) is 42.7 Å². The number of hydrogen-bond donors (Lipinski definition) is 1. The second-order valence-corrected chi connectivity index (χ2v) is 6.89. The van der Waals surface area contributed by atoms with Crippen molar-refractivity contribution in [2.45, 2.75) is 25.8 Å². The Morgan fingerprint density at radius 3 is 2.71 bits per heavy atom. The van der Waals surface area contributed by atoms with E-state index in [0.29, 0.717) is 19.4 Å². The Kier molecular flexibility index (Phi) is 6.34. The second-order valence-electron chi connectivity index (χ2n) is 6.89. The largest absolute Gasteiger partial charge is 0.352 e. The summed E-state index contributed by atoms with van der Waals surface area (Å²) in [4.78, 5) is 26.2. The van der Waals surface area contributed by atoms with E-state index in [4.69, 9.17) is 0 Å². The summed E-state index contributed by atoms with van der Waals surface area (Å²) >= 11 is 0. The molecule has 0 saturated carbocycles. The lowest BCUT2D eigenvalue weighted by atomic mass is 9.96. The minimum absolute atomic E-state index is 0.0448. The van der Waals surface area contributed by atoms with E-state index in [0.717, 1.165) is 11.6 Å². The van der Waals surface area contributed by atoms with Crippen LogP contribution < -0.4 is 5.32 Å². The summed E-state index contributed by atoms with van der Waals surface area (Å²) in [5.74, 6) is -3.02. The van der Waals surface area contributed by atoms with Gasteiger partial charge in [-0.15, -0.1) is 0 Å². The average Bonchev–Trinajstić information content (AvgIpc) is 2.68. The van der Waals surface area contributed by atoms with E-state index in [2.05, 4.69) is 5.32 Å². The summed E-state index contributed by atoms with van der Waals surface area (Å²) in [5, 5.41) is 2.62. The zero-order valence-corrected chi connectivity index (χ0v) is 15.3. The maximum absolute atomic E-state index is 13.7. The van der Waals surface area contributed by atoms with E-state index in [9.17, 15) is 22.8 Å². The summed E-state index contributed by atoms with van der Waals surface area (Å²) in [6.45, 7) is 0.534. The molecule has 0 aliphatic carbocycles. The van der Waals surface area contributed by atoms with Crippen LogP contribution in [-0.4, -0.2) is 29.8 Å². The topological polar surface area (TPSA) is 49.4 Å². The molecule has 1 heterocycles. The minimum atomic E-state index is -0.974. The van der Waals surface area contributed by atoms with Crippen molar-refractivity contribution in [1.82, 2.24) is 10.2 Å². The number of carbonyl (C=O) groups excluding carboxylic acids is 2. The SMILES string of the molecule is O=C(NCc1cccc(F)c1F)C1CCC(=O)N(CCc2cccc(F)c2)C1. The van der Waals surface area contributed by atoms with Gasteiger partial charge in [0, 0.05) is 31.6 Å². The molecule has 2 aromatic rings. The number of benzene rings is 2. The van der Waals surface area contributed by atoms with Gasteiger partial charge in [-0.25, -0.2) is 13.2 Å². The standard InChI is InChI=1S/C21H21F3N2O2/c22-17-5-1-3-14(11-17)9-10-26-13-16(7-8-19(26)27)21(28)25-12-15-4-2-6-18(23)20(15)24/h1-6,11,16H,7-10,12-13H2,(H,25,28). The van der Waals surface area contributed by atoms with Gasteiger partial charge in [0.2, 0.25) is 11.8 Å². The first kappa shape index (κ1) is 19.9. The van der Waals surface area contributed by atoms with E-state index >= 15 is 0 Å². The maximum atomic E-state index is 13.7. The van der Waals surface area contributed by atoms with Crippen LogP contribution in [0.2, 0.25) is 0 Å². The molecule has 0 radical (unpaired) electrons. The van der Waals surface area contributed by atoms with Crippen LogP contribution in [0.5, 0.6) is 0 Å². The molecule has 2 amide bonds. The van der Waals surface area contributed by atoms with Crippen LogP contribution in [0.4, 0.5) is 13.2 Å². The van der Waals surface area contributed by atoms with Gasteiger partial charge in [0.05, 0.1) is 5.92 Å². The Hall–Kier alpha value is -2.83. The lowest BCUT2D eigenvalue weighted by Gasteiger charge is -2.32. The Bertz CT molecular complexity index is 872. The zero-order chi connectivity index (χ0) is 20.1. The maximum Gasteiger partial charge on any atom is 0.225 e. The van der Waals surface area contributed by atoms with Crippen LogP contribution in [0.1, 0.15) is 24.0 Å². The van der Waals surface area contributed by atoms with Gasteiger partial charge < -0.3 is 10.2 Å². The van der Waals surface area contributed by atoms with Crippen LogP contribution in [0.25, 0.3) is 0 Å². The molecular formula is C21H21F3N2O2. The van der Waals surface area contributed by atoms with Crippen LogP contribution in [0.15, 0.2) is 42.5 Å². The molecular weight excluding hydrogens is 369 g/mol. The molecule has 1 fully saturated rings. The first-order valence-corrected chi connectivity index (χ1v) is 9.17. The summed E-state index contributed by atoms with van der Waals surface area (Å²) in [6.07, 6.45) is 1.15. The molecule has 0 bridgehead atoms. The number of carbonyl (C=O) groups is 2. The summed E-state index contributed by atoms with van der Waals surface area (Å²) in [5.41, 5.74) is 0.851. The first-order chi connectivity index (χ1) is 13.4. The van der Waals surface area contributed by atoms with Gasteiger partial charge in [-0.3, -0.25) is 9.59 Å². The van der Waals surface area contributed by atoms with E-state index in [1.165, 1.54) is 24.3 Å². The molecule has 0 spiro atoms. The number of halogens is 3. The Balaban J connectivity index is 1.54. The fourth-order valence-electron chi connectivity index (χ4n) is 3.31. The smallest absolute Gasteiger partial charge is 0.225 e. The highest BCUT2D eigenvalue weighted by Crippen LogP contribution is 2.19. The number of hydrogen-bond acceptors (Lipinski definition) is 2. The molecule has 1 atom stereocenters. The number of rotatable bonds is 6. The third-order valence-corrected chi connectivity index (χ3v) is 4.92. The molecule has 3 rings (SSSR count). The molecule has 1 aliphatic heterocycles. The van der Waals surface area contributed by atoms with Crippen molar-refractivity contribution in [2.75, 3.05) is 13.1 Å². The first-order valence-electron chi connectivity index (χ1n) is 9.17. The number of nitrogens with one attached hydrogen (secondary N) is 1. The summed E-state index contributed by atoms with van der Waals surface area (Å²) in [6, 6.07) is 9.99. The van der Waals surface area contributed by atoms with Gasteiger partial charge in [0.25, 0.3) is 0 Å². The van der Waals surface area contributed by atoms with Crippen molar-refractivity contribution >= 4 is 11.8 Å². The number of amides is 2. The fraction of sp³-hybridized carbons (Fsp3) is 0.333. The number of likely N-dealkylation sites (tertiary alicyclic amines) is 1. The third-order valence-electron chi connectivity index (χ3n) is 4.92. The Labute approximate surface area is 161 Å². The molecule has 0 aromatic heterocycles. The predicted molar refractivity (Wildman–Crippen MR) is 97.6 cm³/mol. The average molecular weight is 390 g/mol. The van der Waals surface area contributed by atoms with Gasteiger partial charge >= 0.3 is 0 Å². The zero-order valence-electron chi connectivity index (χ0n) is 15.3. The van der Waals surface area contributed by atoms with E-state index < -0.39 is 17.6 Å². The van der Waals surface area contributed by atoms with Crippen molar-refractivity contribution < 1.29 is 22.8 Å². The van der Waals surface area contributed by atoms with Crippen LogP contribution >= 0.6 is 0 Å². The molecule has 7 heteroatoms. The lowest BCUT2D eigenvalue weighted by Crippen LogP contribution is -2.46. The molecule has 1 unspecified atom stereocenters. The van der Waals surface area contributed by atoms with Crippen molar-refractivity contribution in [3.8, 4) is 0 Å². The number of piperidine rings is 1. The lowest BCUT2D eigenvalue weighted by molar-refractivity contribution is -0.138. The summed E-state index contributed by atoms with van der Waals surface area (Å²) < 4.78 is 40.2. The molecule has 4 nitrogen and oxygen atoms in total. The van der Waals surface area contributed by atoms with Crippen LogP contribution in [-0.2, 0) is 22.6 Å². The van der Waals surface area contributed by atoms with Gasteiger partial charge in [-0.05, 0) is 36.6 Å². The molecule has 2 aromatic carbocycles. The predicted octanol–water partition coefficient (Wildman–Crippen LogP) is 3.20. The van der Waals surface area contributed by atoms with Crippen LogP contribution in [0, 0.1) is 23.4 Å². The Morgan fingerprint density at radius 2 is 1.93 bits per heavy atom. The van der Waals surface area contributed by atoms with Crippen molar-refractivity contribution in [2.24, 2.45) is 5.92 Å². The van der Waals surface area contributed by atoms with Crippen molar-refractivity contribution in [3.63, 3.8) is 0 Å². The minimum Gasteiger partial charge on any atom is -0.352 e. The molecule has 1 N–H and O–H groups in total. The quantitative estimate of drug-likeness (QED) is 0.824. The fourth-order valence-corrected chi connectivity index (χ4v) is 3.31. The normalized spacial score (nSPS) is 16.9.